The van der Waals surface area contributed by atoms with Crippen LogP contribution in [0.3, 0.4) is 0 Å². The van der Waals surface area contributed by atoms with Crippen LogP contribution in [0.1, 0.15) is 12.8 Å². The lowest BCUT2D eigenvalue weighted by molar-refractivity contribution is -0.137. The van der Waals surface area contributed by atoms with Crippen LogP contribution in [0.25, 0.3) is 11.2 Å². The van der Waals surface area contributed by atoms with Crippen LogP contribution in [0, 0.1) is 0 Å². The Balaban J connectivity index is 1.88. The summed E-state index contributed by atoms with van der Waals surface area (Å²) in [4.78, 5) is 31.7. The molecule has 0 bridgehead atoms. The minimum atomic E-state index is -1.51. The molecule has 15 heteroatoms. The number of nitrogen functional groups attached to an aromatic ring is 1. The lowest BCUT2D eigenvalue weighted by atomic mass is 10.1. The number of carboxylic acid groups (broad SMARTS) is 1. The van der Waals surface area contributed by atoms with Crippen LogP contribution in [-0.4, -0.2) is 65.3 Å². The molecular weight excluding hydrogens is 493 g/mol. The summed E-state index contributed by atoms with van der Waals surface area (Å²) in [6, 6.07) is 0. The molecule has 2 aromatic rings. The number of nitrogens with two attached hydrogens (primary N) is 1. The van der Waals surface area contributed by atoms with Crippen molar-refractivity contribution >= 4 is 58.8 Å². The first-order valence-electron chi connectivity index (χ1n) is 8.47. The molecule has 0 spiro atoms. The molecule has 0 amide bonds. The number of fused-ring (bicyclic) bond motifs is 1. The number of rotatable bonds is 7. The van der Waals surface area contributed by atoms with Gasteiger partial charge in [0.2, 0.25) is 13.5 Å². The third-order valence-electron chi connectivity index (χ3n) is 4.31. The third-order valence-corrected chi connectivity index (χ3v) is 6.34. The zero-order valence-corrected chi connectivity index (χ0v) is 18.3. The lowest BCUT2D eigenvalue weighted by Gasteiger charge is -2.33. The Morgan fingerprint density at radius 2 is 2.17 bits per heavy atom. The molecule has 3 heterocycles. The van der Waals surface area contributed by atoms with Crippen molar-refractivity contribution in [3.8, 4) is 0 Å². The molecule has 2 aromatic heterocycles. The number of carbonyl (C=O) groups is 1. The van der Waals surface area contributed by atoms with Crippen molar-refractivity contribution in [3.63, 3.8) is 0 Å². The maximum atomic E-state index is 12.7. The van der Waals surface area contributed by atoms with Crippen LogP contribution < -0.4 is 11.3 Å². The normalized spacial score (nSPS) is 23.4. The van der Waals surface area contributed by atoms with Gasteiger partial charge in [-0.25, -0.2) is 4.98 Å². The van der Waals surface area contributed by atoms with Crippen LogP contribution >= 0.6 is 35.8 Å². The van der Waals surface area contributed by atoms with E-state index in [0.29, 0.717) is 0 Å². The van der Waals surface area contributed by atoms with Gasteiger partial charge >= 0.3 is 5.97 Å². The predicted octanol–water partition coefficient (Wildman–Crippen LogP) is 0.0964. The number of imidazole rings is 1. The number of thiol groups is 1. The molecule has 1 aliphatic heterocycles. The molecule has 160 valence electrons. The van der Waals surface area contributed by atoms with E-state index in [9.17, 15) is 19.8 Å². The van der Waals surface area contributed by atoms with E-state index < -0.39 is 37.4 Å². The highest BCUT2D eigenvalue weighted by atomic mass is 79.9. The van der Waals surface area contributed by atoms with Gasteiger partial charge in [0.25, 0.3) is 5.56 Å². The van der Waals surface area contributed by atoms with Crippen LogP contribution in [0.15, 0.2) is 9.53 Å². The number of aliphatic carboxylic acids is 1. The van der Waals surface area contributed by atoms with Gasteiger partial charge in [-0.2, -0.15) is 4.98 Å². The lowest BCUT2D eigenvalue weighted by Crippen LogP contribution is -2.45. The Bertz CT molecular complexity index is 972. The van der Waals surface area contributed by atoms with Crippen LogP contribution in [0.5, 0.6) is 0 Å². The molecule has 0 radical (unpaired) electrons. The van der Waals surface area contributed by atoms with E-state index in [4.69, 9.17) is 19.9 Å². The molecule has 12 nitrogen and oxygen atoms in total. The van der Waals surface area contributed by atoms with E-state index in [-0.39, 0.29) is 54.4 Å². The molecule has 1 aliphatic rings. The molecule has 4 unspecified atom stereocenters. The van der Waals surface area contributed by atoms with Crippen molar-refractivity contribution in [1.29, 1.82) is 0 Å². The van der Waals surface area contributed by atoms with Crippen molar-refractivity contribution in [3.05, 3.63) is 15.1 Å². The van der Waals surface area contributed by atoms with Gasteiger partial charge in [-0.05, 0) is 22.4 Å². The smallest absolute Gasteiger partial charge is 0.303 e. The van der Waals surface area contributed by atoms with Crippen molar-refractivity contribution in [2.75, 3.05) is 12.3 Å². The van der Waals surface area contributed by atoms with Crippen molar-refractivity contribution in [1.82, 2.24) is 19.1 Å². The third kappa shape index (κ3) is 4.90. The molecule has 29 heavy (non-hydrogen) atoms. The average Bonchev–Trinajstić information content (AvgIpc) is 2.95. The maximum absolute atomic E-state index is 12.7. The Morgan fingerprint density at radius 1 is 1.45 bits per heavy atom. The summed E-state index contributed by atoms with van der Waals surface area (Å²) in [5.74, 6) is -1.08. The first-order valence-corrected chi connectivity index (χ1v) is 11.6. The molecule has 1 fully saturated rings. The first kappa shape index (κ1) is 22.4. The van der Waals surface area contributed by atoms with Crippen molar-refractivity contribution in [2.24, 2.45) is 0 Å². The Kier molecular flexibility index (Phi) is 7.14. The number of aromatic nitrogens is 4. The second-order valence-corrected chi connectivity index (χ2v) is 8.96. The summed E-state index contributed by atoms with van der Waals surface area (Å²) >= 11 is 7.33. The standard InChI is InChI=1S/C14H19BrN5O7PS/c15-13-17-9-11(18-14(16)19(12(9)25)3-1-2-8(23)24)20(13)4-6(21)10-7(22)5-26-28(29)27-10/h6-7,10,21-22,29H,1-5H2,(H2,16,18)(H,23,24). The zero-order chi connectivity index (χ0) is 21.3. The Hall–Kier alpha value is -1.28. The van der Waals surface area contributed by atoms with E-state index in [1.165, 1.54) is 4.57 Å². The Labute approximate surface area is 178 Å². The van der Waals surface area contributed by atoms with Crippen LogP contribution in [0.2, 0.25) is 0 Å². The second-order valence-electron chi connectivity index (χ2n) is 6.33. The van der Waals surface area contributed by atoms with Gasteiger partial charge in [0, 0.05) is 13.0 Å². The van der Waals surface area contributed by atoms with E-state index >= 15 is 0 Å². The van der Waals surface area contributed by atoms with E-state index in [0.717, 1.165) is 4.57 Å². The molecule has 0 saturated carbocycles. The SMILES string of the molecule is Nc1nc2c(nc(Br)n2CC(O)C2OP(S)OCC2O)c(=O)n1CCCC(=O)O. The summed E-state index contributed by atoms with van der Waals surface area (Å²) in [6.45, 7) is -0.0275. The quantitative estimate of drug-likeness (QED) is 0.194. The molecule has 1 saturated heterocycles. The zero-order valence-electron chi connectivity index (χ0n) is 14.9. The van der Waals surface area contributed by atoms with Crippen molar-refractivity contribution in [2.45, 2.75) is 44.2 Å². The molecule has 3 rings (SSSR count). The van der Waals surface area contributed by atoms with E-state index in [1.54, 1.807) is 0 Å². The topological polar surface area (TPSA) is 175 Å². The molecule has 4 atom stereocenters. The average molecular weight is 512 g/mol. The minimum absolute atomic E-state index is 0.0125. The molecule has 5 N–H and O–H groups in total. The summed E-state index contributed by atoms with van der Waals surface area (Å²) in [5.41, 5.74) is 5.53. The Morgan fingerprint density at radius 3 is 2.86 bits per heavy atom. The van der Waals surface area contributed by atoms with Gasteiger partial charge in [-0.15, -0.1) is 0 Å². The number of carboxylic acids is 1. The van der Waals surface area contributed by atoms with Crippen LogP contribution in [-0.2, 0) is 26.9 Å². The molecule has 0 aliphatic carbocycles. The second kappa shape index (κ2) is 9.25. The largest absolute Gasteiger partial charge is 0.481 e. The molecule has 0 aromatic carbocycles. The van der Waals surface area contributed by atoms with Crippen molar-refractivity contribution < 1.29 is 29.2 Å². The molecular formula is C14H19BrN5O7PS. The number of halogens is 1. The van der Waals surface area contributed by atoms with Gasteiger partial charge in [0.05, 0.1) is 13.2 Å². The van der Waals surface area contributed by atoms with Crippen LogP contribution in [0.4, 0.5) is 5.95 Å². The number of aliphatic hydroxyl groups excluding tert-OH is 2. The number of nitrogens with zero attached hydrogens (tertiary/aromatic N) is 4. The summed E-state index contributed by atoms with van der Waals surface area (Å²) < 4.78 is 13.3. The van der Waals surface area contributed by atoms with E-state index in [1.807, 2.05) is 0 Å². The fourth-order valence-corrected chi connectivity index (χ4v) is 4.75. The van der Waals surface area contributed by atoms with Gasteiger partial charge in [-0.1, -0.05) is 12.2 Å². The number of aliphatic hydroxyl groups is 2. The van der Waals surface area contributed by atoms with Gasteiger partial charge in [0.15, 0.2) is 15.9 Å². The van der Waals surface area contributed by atoms with E-state index in [2.05, 4.69) is 38.1 Å². The highest BCUT2D eigenvalue weighted by Gasteiger charge is 2.36. The first-order chi connectivity index (χ1) is 13.7. The monoisotopic (exact) mass is 511 g/mol. The summed E-state index contributed by atoms with van der Waals surface area (Å²) in [5, 5.41) is 29.3. The number of anilines is 1. The predicted molar refractivity (Wildman–Crippen MR) is 110 cm³/mol. The number of hydrogen-bond donors (Lipinski definition) is 5. The van der Waals surface area contributed by atoms with Gasteiger partial charge < -0.3 is 34.7 Å². The highest BCUT2D eigenvalue weighted by Crippen LogP contribution is 2.48. The van der Waals surface area contributed by atoms with Gasteiger partial charge in [-0.3, -0.25) is 14.2 Å². The number of hydrogen-bond acceptors (Lipinski definition) is 10. The fourth-order valence-electron chi connectivity index (χ4n) is 2.90. The van der Waals surface area contributed by atoms with Gasteiger partial charge in [0.1, 0.15) is 18.3 Å². The maximum Gasteiger partial charge on any atom is 0.303 e. The highest BCUT2D eigenvalue weighted by molar-refractivity contribution is 9.10. The summed E-state index contributed by atoms with van der Waals surface area (Å²) in [6.07, 6.45) is -3.06. The summed E-state index contributed by atoms with van der Waals surface area (Å²) in [7, 11) is -1.51. The fraction of sp³-hybridized carbons (Fsp3) is 0.571. The minimum Gasteiger partial charge on any atom is -0.481 e.